The van der Waals surface area contributed by atoms with E-state index in [-0.39, 0.29) is 17.6 Å². The monoisotopic (exact) mass is 233 g/mol. The molecular weight excluding hydrogens is 214 g/mol. The number of hydrogen-bond acceptors (Lipinski definition) is 2. The van der Waals surface area contributed by atoms with E-state index in [4.69, 9.17) is 0 Å². The van der Waals surface area contributed by atoms with E-state index in [1.165, 1.54) is 12.8 Å². The van der Waals surface area contributed by atoms with Crippen molar-refractivity contribution in [2.24, 2.45) is 11.8 Å². The predicted molar refractivity (Wildman–Crippen MR) is 66.5 cm³/mol. The summed E-state index contributed by atoms with van der Waals surface area (Å²) in [4.78, 5) is 13.8. The zero-order valence-corrected chi connectivity index (χ0v) is 10.4. The van der Waals surface area contributed by atoms with E-state index in [0.29, 0.717) is 12.5 Å². The summed E-state index contributed by atoms with van der Waals surface area (Å²) in [5.74, 6) is 1.23. The van der Waals surface area contributed by atoms with Crippen LogP contribution in [0.15, 0.2) is 24.3 Å². The molecule has 1 aliphatic carbocycles. The Labute approximate surface area is 102 Å². The van der Waals surface area contributed by atoms with Gasteiger partial charge in [0.2, 0.25) is 5.91 Å². The molecule has 1 N–H and O–H groups in total. The van der Waals surface area contributed by atoms with Crippen LogP contribution in [0.1, 0.15) is 25.3 Å². The van der Waals surface area contributed by atoms with Crippen molar-refractivity contribution in [3.63, 3.8) is 0 Å². The smallest absolute Gasteiger partial charge is 0.225 e. The zero-order chi connectivity index (χ0) is 12.4. The maximum absolute atomic E-state index is 12.1. The highest BCUT2D eigenvalue weighted by Gasteiger charge is 2.33. The third kappa shape index (κ3) is 2.99. The van der Waals surface area contributed by atoms with E-state index < -0.39 is 0 Å². The Balaban J connectivity index is 1.93. The summed E-state index contributed by atoms with van der Waals surface area (Å²) in [6.07, 6.45) is 2.39. The van der Waals surface area contributed by atoms with Crippen molar-refractivity contribution in [1.82, 2.24) is 4.90 Å². The summed E-state index contributed by atoms with van der Waals surface area (Å²) in [7, 11) is 1.84. The third-order valence-electron chi connectivity index (χ3n) is 3.45. The van der Waals surface area contributed by atoms with Crippen LogP contribution in [0.4, 0.5) is 0 Å². The molecule has 1 atom stereocenters. The average Bonchev–Trinajstić information content (AvgIpc) is 3.14. The van der Waals surface area contributed by atoms with Gasteiger partial charge in [0.25, 0.3) is 0 Å². The highest BCUT2D eigenvalue weighted by molar-refractivity contribution is 5.78. The highest BCUT2D eigenvalue weighted by atomic mass is 16.3. The molecule has 3 nitrogen and oxygen atoms in total. The molecular formula is C14H19NO2. The Hall–Kier alpha value is -1.51. The van der Waals surface area contributed by atoms with Gasteiger partial charge < -0.3 is 10.0 Å². The number of carbonyl (C=O) groups is 1. The van der Waals surface area contributed by atoms with Gasteiger partial charge in [0.05, 0.1) is 0 Å². The number of phenols is 1. The first-order valence-electron chi connectivity index (χ1n) is 6.11. The molecule has 0 radical (unpaired) electrons. The van der Waals surface area contributed by atoms with Crippen LogP contribution in [0.5, 0.6) is 5.75 Å². The second-order valence-corrected chi connectivity index (χ2v) is 4.99. The molecule has 1 unspecified atom stereocenters. The van der Waals surface area contributed by atoms with Gasteiger partial charge in [-0.3, -0.25) is 4.79 Å². The molecule has 17 heavy (non-hydrogen) atoms. The third-order valence-corrected chi connectivity index (χ3v) is 3.45. The minimum Gasteiger partial charge on any atom is -0.508 e. The zero-order valence-electron chi connectivity index (χ0n) is 10.4. The topological polar surface area (TPSA) is 40.5 Å². The number of nitrogens with zero attached hydrogens (tertiary/aromatic N) is 1. The molecule has 0 spiro atoms. The number of carbonyl (C=O) groups excluding carboxylic acids is 1. The Bertz CT molecular complexity index is 395. The van der Waals surface area contributed by atoms with Gasteiger partial charge in [0.15, 0.2) is 0 Å². The summed E-state index contributed by atoms with van der Waals surface area (Å²) >= 11 is 0. The van der Waals surface area contributed by atoms with Crippen molar-refractivity contribution in [2.45, 2.75) is 26.3 Å². The number of aromatic hydroxyl groups is 1. The molecule has 1 amide bonds. The van der Waals surface area contributed by atoms with Crippen LogP contribution in [-0.4, -0.2) is 23.0 Å². The minimum absolute atomic E-state index is 0.150. The van der Waals surface area contributed by atoms with Gasteiger partial charge in [-0.25, -0.2) is 0 Å². The van der Waals surface area contributed by atoms with Crippen LogP contribution in [0.2, 0.25) is 0 Å². The Morgan fingerprint density at radius 3 is 2.53 bits per heavy atom. The Morgan fingerprint density at radius 1 is 1.41 bits per heavy atom. The summed E-state index contributed by atoms with van der Waals surface area (Å²) in [6.45, 7) is 2.63. The molecule has 0 aliphatic heterocycles. The van der Waals surface area contributed by atoms with Crippen LogP contribution in [0, 0.1) is 11.8 Å². The van der Waals surface area contributed by atoms with Gasteiger partial charge in [-0.15, -0.1) is 0 Å². The minimum atomic E-state index is 0.150. The van der Waals surface area contributed by atoms with Crippen molar-refractivity contribution >= 4 is 5.91 Å². The summed E-state index contributed by atoms with van der Waals surface area (Å²) < 4.78 is 0. The van der Waals surface area contributed by atoms with Crippen molar-refractivity contribution in [1.29, 1.82) is 0 Å². The van der Waals surface area contributed by atoms with Gasteiger partial charge >= 0.3 is 0 Å². The van der Waals surface area contributed by atoms with Crippen LogP contribution in [0.25, 0.3) is 0 Å². The van der Waals surface area contributed by atoms with Crippen LogP contribution < -0.4 is 0 Å². The van der Waals surface area contributed by atoms with Crippen molar-refractivity contribution in [2.75, 3.05) is 7.05 Å². The number of phenolic OH excluding ortho intramolecular Hbond substituents is 1. The van der Waals surface area contributed by atoms with Crippen LogP contribution in [-0.2, 0) is 11.3 Å². The molecule has 92 valence electrons. The lowest BCUT2D eigenvalue weighted by Gasteiger charge is -2.21. The Morgan fingerprint density at radius 2 is 2.00 bits per heavy atom. The molecule has 1 fully saturated rings. The first-order valence-corrected chi connectivity index (χ1v) is 6.11. The first kappa shape index (κ1) is 12.0. The van der Waals surface area contributed by atoms with Gasteiger partial charge in [0, 0.05) is 19.5 Å². The predicted octanol–water partition coefficient (Wildman–Crippen LogP) is 2.40. The van der Waals surface area contributed by atoms with E-state index in [2.05, 4.69) is 0 Å². The van der Waals surface area contributed by atoms with Crippen molar-refractivity contribution in [3.8, 4) is 5.75 Å². The largest absolute Gasteiger partial charge is 0.508 e. The Kier molecular flexibility index (Phi) is 3.36. The quantitative estimate of drug-likeness (QED) is 0.867. The molecule has 1 saturated carbocycles. The summed E-state index contributed by atoms with van der Waals surface area (Å²) in [6, 6.07) is 7.00. The van der Waals surface area contributed by atoms with E-state index in [9.17, 15) is 9.90 Å². The van der Waals surface area contributed by atoms with Crippen molar-refractivity contribution in [3.05, 3.63) is 29.8 Å². The van der Waals surface area contributed by atoms with Gasteiger partial charge in [-0.05, 0) is 36.5 Å². The maximum Gasteiger partial charge on any atom is 0.225 e. The molecule has 0 bridgehead atoms. The molecule has 0 aromatic heterocycles. The highest BCUT2D eigenvalue weighted by Crippen LogP contribution is 2.37. The van der Waals surface area contributed by atoms with E-state index in [1.54, 1.807) is 17.0 Å². The molecule has 3 heteroatoms. The number of benzene rings is 1. The van der Waals surface area contributed by atoms with Crippen LogP contribution in [0.3, 0.4) is 0 Å². The molecule has 1 aromatic rings. The average molecular weight is 233 g/mol. The van der Waals surface area contributed by atoms with Gasteiger partial charge in [0.1, 0.15) is 5.75 Å². The standard InChI is InChI=1S/C14H19NO2/c1-10(12-5-6-12)14(17)15(2)9-11-3-7-13(16)8-4-11/h3-4,7-8,10,12,16H,5-6,9H2,1-2H3. The van der Waals surface area contributed by atoms with E-state index in [0.717, 1.165) is 5.56 Å². The molecule has 1 aliphatic rings. The molecule has 2 rings (SSSR count). The lowest BCUT2D eigenvalue weighted by atomic mass is 10.0. The summed E-state index contributed by atoms with van der Waals surface area (Å²) in [5, 5.41) is 9.19. The van der Waals surface area contributed by atoms with E-state index in [1.807, 2.05) is 26.1 Å². The first-order chi connectivity index (χ1) is 8.08. The fourth-order valence-electron chi connectivity index (χ4n) is 2.10. The van der Waals surface area contributed by atoms with Crippen LogP contribution >= 0.6 is 0 Å². The van der Waals surface area contributed by atoms with Gasteiger partial charge in [-0.2, -0.15) is 0 Å². The second-order valence-electron chi connectivity index (χ2n) is 4.99. The van der Waals surface area contributed by atoms with E-state index >= 15 is 0 Å². The maximum atomic E-state index is 12.1. The number of hydrogen-bond donors (Lipinski definition) is 1. The SMILES string of the molecule is CC(C(=O)N(C)Cc1ccc(O)cc1)C1CC1. The van der Waals surface area contributed by atoms with Crippen molar-refractivity contribution < 1.29 is 9.90 Å². The molecule has 1 aromatic carbocycles. The molecule has 0 heterocycles. The lowest BCUT2D eigenvalue weighted by Crippen LogP contribution is -2.32. The molecule has 0 saturated heterocycles. The lowest BCUT2D eigenvalue weighted by molar-refractivity contribution is -0.134. The van der Waals surface area contributed by atoms with Gasteiger partial charge in [-0.1, -0.05) is 19.1 Å². The number of amides is 1. The fourth-order valence-corrected chi connectivity index (χ4v) is 2.10. The normalized spacial score (nSPS) is 16.6. The summed E-state index contributed by atoms with van der Waals surface area (Å²) in [5.41, 5.74) is 1.04. The fraction of sp³-hybridized carbons (Fsp3) is 0.500. The number of rotatable bonds is 4. The second kappa shape index (κ2) is 4.78.